The number of rotatable bonds is 5. The van der Waals surface area contributed by atoms with Crippen molar-refractivity contribution in [2.24, 2.45) is 0 Å². The minimum absolute atomic E-state index is 0.268. The zero-order valence-electron chi connectivity index (χ0n) is 11.1. The summed E-state index contributed by atoms with van der Waals surface area (Å²) in [5, 5.41) is 24.8. The topological polar surface area (TPSA) is 99.9 Å². The minimum atomic E-state index is -0.564. The van der Waals surface area contributed by atoms with Gasteiger partial charge in [-0.05, 0) is 40.8 Å². The standard InChI is InChI=1S/C12H13N5O3S/c18-17(19)11-6-5-10(20-11)7-8-21-12-13-14-15-16(12)9-3-1-2-4-9/h5-9H,1-4H2/b8-7+. The molecule has 110 valence electrons. The molecule has 2 aromatic rings. The molecular formula is C12H13N5O3S. The summed E-state index contributed by atoms with van der Waals surface area (Å²) in [5.41, 5.74) is 0. The number of nitro groups is 1. The first-order valence-electron chi connectivity index (χ1n) is 6.59. The fourth-order valence-corrected chi connectivity index (χ4v) is 3.03. The van der Waals surface area contributed by atoms with Crippen molar-refractivity contribution >= 4 is 23.7 Å². The van der Waals surface area contributed by atoms with Crippen molar-refractivity contribution < 1.29 is 9.34 Å². The number of furan rings is 1. The van der Waals surface area contributed by atoms with Gasteiger partial charge in [-0.3, -0.25) is 10.1 Å². The van der Waals surface area contributed by atoms with Gasteiger partial charge in [-0.1, -0.05) is 24.6 Å². The lowest BCUT2D eigenvalue weighted by Crippen LogP contribution is -2.07. The van der Waals surface area contributed by atoms with Crippen LogP contribution in [0.25, 0.3) is 6.08 Å². The third kappa shape index (κ3) is 3.13. The summed E-state index contributed by atoms with van der Waals surface area (Å²) in [4.78, 5) is 9.95. The third-order valence-electron chi connectivity index (χ3n) is 3.33. The molecule has 2 aromatic heterocycles. The molecule has 0 radical (unpaired) electrons. The average molecular weight is 307 g/mol. The molecule has 0 unspecified atom stereocenters. The second-order valence-electron chi connectivity index (χ2n) is 4.70. The lowest BCUT2D eigenvalue weighted by Gasteiger charge is -2.09. The van der Waals surface area contributed by atoms with Crippen LogP contribution in [0.2, 0.25) is 0 Å². The second-order valence-corrected chi connectivity index (χ2v) is 5.57. The van der Waals surface area contributed by atoms with E-state index in [0.29, 0.717) is 11.8 Å². The summed E-state index contributed by atoms with van der Waals surface area (Å²) in [7, 11) is 0. The molecule has 3 rings (SSSR count). The van der Waals surface area contributed by atoms with Gasteiger partial charge in [-0.25, -0.2) is 4.68 Å². The van der Waals surface area contributed by atoms with Crippen LogP contribution in [0, 0.1) is 10.1 Å². The maximum atomic E-state index is 10.5. The van der Waals surface area contributed by atoms with Crippen LogP contribution in [0.3, 0.4) is 0 Å². The highest BCUT2D eigenvalue weighted by Gasteiger charge is 2.21. The van der Waals surface area contributed by atoms with Crippen molar-refractivity contribution in [3.63, 3.8) is 0 Å². The lowest BCUT2D eigenvalue weighted by molar-refractivity contribution is -0.402. The lowest BCUT2D eigenvalue weighted by atomic mass is 10.3. The van der Waals surface area contributed by atoms with E-state index in [4.69, 9.17) is 4.42 Å². The van der Waals surface area contributed by atoms with Crippen LogP contribution >= 0.6 is 11.8 Å². The molecule has 0 aliphatic heterocycles. The van der Waals surface area contributed by atoms with Crippen LogP contribution in [0.15, 0.2) is 27.1 Å². The zero-order chi connectivity index (χ0) is 14.7. The average Bonchev–Trinajstić information content (AvgIpc) is 3.20. The highest BCUT2D eigenvalue weighted by molar-refractivity contribution is 8.02. The van der Waals surface area contributed by atoms with Crippen LogP contribution in [0.4, 0.5) is 5.88 Å². The fourth-order valence-electron chi connectivity index (χ4n) is 2.33. The molecule has 0 saturated heterocycles. The van der Waals surface area contributed by atoms with Gasteiger partial charge >= 0.3 is 5.88 Å². The largest absolute Gasteiger partial charge is 0.433 e. The molecule has 0 aromatic carbocycles. The Morgan fingerprint density at radius 3 is 2.95 bits per heavy atom. The van der Waals surface area contributed by atoms with E-state index in [2.05, 4.69) is 15.5 Å². The highest BCUT2D eigenvalue weighted by atomic mass is 32.2. The van der Waals surface area contributed by atoms with Crippen molar-refractivity contribution in [1.29, 1.82) is 0 Å². The van der Waals surface area contributed by atoms with Gasteiger partial charge in [0.1, 0.15) is 10.7 Å². The molecule has 21 heavy (non-hydrogen) atoms. The van der Waals surface area contributed by atoms with E-state index in [1.54, 1.807) is 17.6 Å². The molecule has 1 aliphatic carbocycles. The molecule has 0 spiro atoms. The van der Waals surface area contributed by atoms with E-state index < -0.39 is 4.92 Å². The van der Waals surface area contributed by atoms with E-state index in [0.717, 1.165) is 18.0 Å². The molecule has 2 heterocycles. The molecule has 0 N–H and O–H groups in total. The van der Waals surface area contributed by atoms with Gasteiger partial charge in [0.25, 0.3) is 0 Å². The SMILES string of the molecule is O=[N+]([O-])c1ccc(/C=C/Sc2nnnn2C2CCCC2)o1. The maximum Gasteiger partial charge on any atom is 0.433 e. The van der Waals surface area contributed by atoms with Crippen molar-refractivity contribution in [1.82, 2.24) is 20.2 Å². The first-order chi connectivity index (χ1) is 10.2. The molecule has 1 fully saturated rings. The summed E-state index contributed by atoms with van der Waals surface area (Å²) in [5.74, 6) is 0.157. The number of nitrogens with zero attached hydrogens (tertiary/aromatic N) is 5. The molecular weight excluding hydrogens is 294 g/mol. The minimum Gasteiger partial charge on any atom is -0.401 e. The van der Waals surface area contributed by atoms with Gasteiger partial charge in [-0.2, -0.15) is 0 Å². The van der Waals surface area contributed by atoms with Crippen molar-refractivity contribution in [2.75, 3.05) is 0 Å². The third-order valence-corrected chi connectivity index (χ3v) is 4.08. The second kappa shape index (κ2) is 6.08. The zero-order valence-corrected chi connectivity index (χ0v) is 11.9. The van der Waals surface area contributed by atoms with Crippen molar-refractivity contribution in [3.8, 4) is 0 Å². The molecule has 1 aliphatic rings. The Kier molecular flexibility index (Phi) is 4.00. The molecule has 0 bridgehead atoms. The van der Waals surface area contributed by atoms with Crippen molar-refractivity contribution in [3.05, 3.63) is 33.4 Å². The first-order valence-corrected chi connectivity index (χ1v) is 7.47. The maximum absolute atomic E-state index is 10.5. The Bertz CT molecular complexity index is 659. The number of aromatic nitrogens is 4. The van der Waals surface area contributed by atoms with Gasteiger partial charge in [-0.15, -0.1) is 5.10 Å². The Labute approximate surface area is 124 Å². The summed E-state index contributed by atoms with van der Waals surface area (Å²) < 4.78 is 6.89. The van der Waals surface area contributed by atoms with Crippen molar-refractivity contribution in [2.45, 2.75) is 36.9 Å². The number of hydrogen-bond donors (Lipinski definition) is 0. The molecule has 1 saturated carbocycles. The Balaban J connectivity index is 1.65. The van der Waals surface area contributed by atoms with Crippen LogP contribution in [0.1, 0.15) is 37.5 Å². The summed E-state index contributed by atoms with van der Waals surface area (Å²) in [6.45, 7) is 0. The van der Waals surface area contributed by atoms with E-state index in [1.807, 2.05) is 4.68 Å². The molecule has 8 nitrogen and oxygen atoms in total. The predicted molar refractivity (Wildman–Crippen MR) is 75.6 cm³/mol. The number of hydrogen-bond acceptors (Lipinski definition) is 7. The van der Waals surface area contributed by atoms with Gasteiger partial charge in [0.2, 0.25) is 5.16 Å². The predicted octanol–water partition coefficient (Wildman–Crippen LogP) is 3.05. The molecule has 0 atom stereocenters. The van der Waals surface area contributed by atoms with Crippen LogP contribution in [-0.2, 0) is 0 Å². The van der Waals surface area contributed by atoms with Crippen LogP contribution in [0.5, 0.6) is 0 Å². The van der Waals surface area contributed by atoms with E-state index in [9.17, 15) is 10.1 Å². The Hall–Kier alpha value is -2.16. The van der Waals surface area contributed by atoms with E-state index >= 15 is 0 Å². The van der Waals surface area contributed by atoms with Crippen LogP contribution < -0.4 is 0 Å². The fraction of sp³-hybridized carbons (Fsp3) is 0.417. The quantitative estimate of drug-likeness (QED) is 0.475. The first kappa shape index (κ1) is 13.8. The normalized spacial score (nSPS) is 16.0. The number of thioether (sulfide) groups is 1. The smallest absolute Gasteiger partial charge is 0.401 e. The van der Waals surface area contributed by atoms with E-state index in [-0.39, 0.29) is 5.88 Å². The van der Waals surface area contributed by atoms with Gasteiger partial charge < -0.3 is 4.42 Å². The highest BCUT2D eigenvalue weighted by Crippen LogP contribution is 2.31. The summed E-state index contributed by atoms with van der Waals surface area (Å²) >= 11 is 1.37. The van der Waals surface area contributed by atoms with Gasteiger partial charge in [0.15, 0.2) is 0 Å². The molecule has 9 heteroatoms. The Morgan fingerprint density at radius 1 is 1.43 bits per heavy atom. The van der Waals surface area contributed by atoms with Gasteiger partial charge in [0.05, 0.1) is 12.1 Å². The van der Waals surface area contributed by atoms with Crippen LogP contribution in [-0.4, -0.2) is 25.1 Å². The summed E-state index contributed by atoms with van der Waals surface area (Å²) in [6.07, 6.45) is 6.28. The Morgan fingerprint density at radius 2 is 2.24 bits per heavy atom. The van der Waals surface area contributed by atoms with Gasteiger partial charge in [0, 0.05) is 0 Å². The summed E-state index contributed by atoms with van der Waals surface area (Å²) in [6, 6.07) is 3.25. The molecule has 0 amide bonds. The monoisotopic (exact) mass is 307 g/mol. The number of tetrazole rings is 1. The van der Waals surface area contributed by atoms with E-state index in [1.165, 1.54) is 30.7 Å².